The van der Waals surface area contributed by atoms with E-state index < -0.39 is 11.9 Å². The predicted octanol–water partition coefficient (Wildman–Crippen LogP) is 1.31. The fraction of sp³-hybridized carbons (Fsp3) is 0.857. The molecule has 2 amide bonds. The molecule has 3 atom stereocenters. The quantitative estimate of drug-likeness (QED) is 0.816. The molecule has 2 N–H and O–H groups in total. The van der Waals surface area contributed by atoms with Gasteiger partial charge in [-0.05, 0) is 38.5 Å². The Balaban J connectivity index is 1.64. The molecule has 0 bridgehead atoms. The summed E-state index contributed by atoms with van der Waals surface area (Å²) in [6.45, 7) is 4.42. The number of likely N-dealkylation sites (tertiary alicyclic amines) is 1. The van der Waals surface area contributed by atoms with Crippen LogP contribution >= 0.6 is 0 Å². The molecular formula is C14H24N2O4. The number of urea groups is 1. The summed E-state index contributed by atoms with van der Waals surface area (Å²) in [6.07, 6.45) is 3.96. The Morgan fingerprint density at radius 3 is 2.85 bits per heavy atom. The molecule has 2 saturated heterocycles. The van der Waals surface area contributed by atoms with E-state index >= 15 is 0 Å². The van der Waals surface area contributed by atoms with E-state index in [0.29, 0.717) is 38.1 Å². The number of hydrogen-bond donors (Lipinski definition) is 2. The molecule has 3 unspecified atom stereocenters. The van der Waals surface area contributed by atoms with Crippen molar-refractivity contribution in [3.05, 3.63) is 0 Å². The number of nitrogens with zero attached hydrogens (tertiary/aromatic N) is 1. The number of nitrogens with one attached hydrogen (secondary N) is 1. The first-order chi connectivity index (χ1) is 9.56. The molecule has 6 heteroatoms. The zero-order valence-corrected chi connectivity index (χ0v) is 12.0. The fourth-order valence-corrected chi connectivity index (χ4v) is 2.99. The van der Waals surface area contributed by atoms with Gasteiger partial charge in [-0.15, -0.1) is 0 Å². The molecule has 2 heterocycles. The topological polar surface area (TPSA) is 78.9 Å². The number of carbonyl (C=O) groups is 2. The molecule has 2 aliphatic rings. The lowest BCUT2D eigenvalue weighted by Gasteiger charge is -2.27. The average molecular weight is 284 g/mol. The zero-order valence-electron chi connectivity index (χ0n) is 12.0. The predicted molar refractivity (Wildman–Crippen MR) is 73.5 cm³/mol. The van der Waals surface area contributed by atoms with Crippen LogP contribution in [0.4, 0.5) is 4.79 Å². The van der Waals surface area contributed by atoms with E-state index in [4.69, 9.17) is 9.84 Å². The maximum absolute atomic E-state index is 11.9. The molecule has 20 heavy (non-hydrogen) atoms. The van der Waals surface area contributed by atoms with E-state index in [-0.39, 0.29) is 6.03 Å². The van der Waals surface area contributed by atoms with E-state index in [9.17, 15) is 9.59 Å². The van der Waals surface area contributed by atoms with Gasteiger partial charge in [-0.25, -0.2) is 4.79 Å². The van der Waals surface area contributed by atoms with Crippen LogP contribution in [0.25, 0.3) is 0 Å². The maximum atomic E-state index is 11.9. The number of carboxylic acids is 1. The minimum atomic E-state index is -0.809. The third-order valence-electron chi connectivity index (χ3n) is 4.25. The summed E-state index contributed by atoms with van der Waals surface area (Å²) in [5.74, 6) is -0.599. The summed E-state index contributed by atoms with van der Waals surface area (Å²) in [6, 6.07) is -0.131. The SMILES string of the molecule is CC1CC(CCNC(=O)N2CCC(C(=O)O)C2)CCO1. The molecule has 114 valence electrons. The van der Waals surface area contributed by atoms with E-state index in [2.05, 4.69) is 12.2 Å². The van der Waals surface area contributed by atoms with Crippen molar-refractivity contribution in [2.75, 3.05) is 26.2 Å². The highest BCUT2D eigenvalue weighted by atomic mass is 16.5. The first-order valence-corrected chi connectivity index (χ1v) is 7.43. The lowest BCUT2D eigenvalue weighted by molar-refractivity contribution is -0.141. The molecule has 2 rings (SSSR count). The van der Waals surface area contributed by atoms with E-state index in [1.807, 2.05) is 0 Å². The Kier molecular flexibility index (Phi) is 5.23. The minimum Gasteiger partial charge on any atom is -0.481 e. The van der Waals surface area contributed by atoms with Crippen molar-refractivity contribution in [1.29, 1.82) is 0 Å². The number of aliphatic carboxylic acids is 1. The van der Waals surface area contributed by atoms with Gasteiger partial charge >= 0.3 is 12.0 Å². The summed E-state index contributed by atoms with van der Waals surface area (Å²) in [5.41, 5.74) is 0. The molecule has 0 aromatic carbocycles. The lowest BCUT2D eigenvalue weighted by atomic mass is 9.93. The fourth-order valence-electron chi connectivity index (χ4n) is 2.99. The van der Waals surface area contributed by atoms with Gasteiger partial charge in [-0.1, -0.05) is 0 Å². The van der Waals surface area contributed by atoms with Crippen LogP contribution in [0.15, 0.2) is 0 Å². The second kappa shape index (κ2) is 6.92. The Morgan fingerprint density at radius 2 is 2.20 bits per heavy atom. The van der Waals surface area contributed by atoms with Crippen molar-refractivity contribution in [3.8, 4) is 0 Å². The molecule has 0 spiro atoms. The Bertz CT molecular complexity index is 361. The highest BCUT2D eigenvalue weighted by Gasteiger charge is 2.30. The lowest BCUT2D eigenvalue weighted by Crippen LogP contribution is -2.40. The third-order valence-corrected chi connectivity index (χ3v) is 4.25. The smallest absolute Gasteiger partial charge is 0.317 e. The molecule has 0 saturated carbocycles. The van der Waals surface area contributed by atoms with Crippen molar-refractivity contribution < 1.29 is 19.4 Å². The zero-order chi connectivity index (χ0) is 14.5. The summed E-state index contributed by atoms with van der Waals surface area (Å²) < 4.78 is 5.50. The molecular weight excluding hydrogens is 260 g/mol. The van der Waals surface area contributed by atoms with Gasteiger partial charge < -0.3 is 20.1 Å². The number of hydrogen-bond acceptors (Lipinski definition) is 3. The van der Waals surface area contributed by atoms with Crippen LogP contribution in [0.3, 0.4) is 0 Å². The monoisotopic (exact) mass is 284 g/mol. The molecule has 6 nitrogen and oxygen atoms in total. The second-order valence-electron chi connectivity index (χ2n) is 5.86. The van der Waals surface area contributed by atoms with Gasteiger partial charge in [0.2, 0.25) is 0 Å². The van der Waals surface area contributed by atoms with Gasteiger partial charge in [-0.3, -0.25) is 4.79 Å². The van der Waals surface area contributed by atoms with Gasteiger partial charge in [0.1, 0.15) is 0 Å². The van der Waals surface area contributed by atoms with Gasteiger partial charge in [0.15, 0.2) is 0 Å². The Morgan fingerprint density at radius 1 is 1.40 bits per heavy atom. The largest absolute Gasteiger partial charge is 0.481 e. The number of amides is 2. The number of carbonyl (C=O) groups excluding carboxylic acids is 1. The van der Waals surface area contributed by atoms with Crippen molar-refractivity contribution >= 4 is 12.0 Å². The standard InChI is InChI=1S/C14H24N2O4/c1-10-8-11(4-7-20-10)2-5-15-14(19)16-6-3-12(9-16)13(17)18/h10-12H,2-9H2,1H3,(H,15,19)(H,17,18). The van der Waals surface area contributed by atoms with E-state index in [0.717, 1.165) is 25.9 Å². The molecule has 2 fully saturated rings. The van der Waals surface area contributed by atoms with Crippen LogP contribution < -0.4 is 5.32 Å². The van der Waals surface area contributed by atoms with Crippen LogP contribution in [0.1, 0.15) is 32.6 Å². The van der Waals surface area contributed by atoms with Gasteiger partial charge in [0.05, 0.1) is 12.0 Å². The van der Waals surface area contributed by atoms with Crippen molar-refractivity contribution in [2.45, 2.75) is 38.7 Å². The maximum Gasteiger partial charge on any atom is 0.317 e. The number of rotatable bonds is 4. The first kappa shape index (κ1) is 15.1. The summed E-state index contributed by atoms with van der Waals surface area (Å²) in [4.78, 5) is 24.4. The number of ether oxygens (including phenoxy) is 1. The van der Waals surface area contributed by atoms with Crippen LogP contribution in [0.5, 0.6) is 0 Å². The van der Waals surface area contributed by atoms with E-state index in [1.54, 1.807) is 4.90 Å². The first-order valence-electron chi connectivity index (χ1n) is 7.43. The third kappa shape index (κ3) is 4.10. The summed E-state index contributed by atoms with van der Waals surface area (Å²) in [7, 11) is 0. The van der Waals surface area contributed by atoms with Gasteiger partial charge in [-0.2, -0.15) is 0 Å². The van der Waals surface area contributed by atoms with Crippen LogP contribution in [-0.4, -0.2) is 54.4 Å². The summed E-state index contributed by atoms with van der Waals surface area (Å²) >= 11 is 0. The molecule has 2 aliphatic heterocycles. The highest BCUT2D eigenvalue weighted by Crippen LogP contribution is 2.22. The average Bonchev–Trinajstić information content (AvgIpc) is 2.88. The molecule has 0 aromatic heterocycles. The minimum absolute atomic E-state index is 0.131. The summed E-state index contributed by atoms with van der Waals surface area (Å²) in [5, 5.41) is 11.8. The van der Waals surface area contributed by atoms with Gasteiger partial charge in [0, 0.05) is 26.2 Å². The van der Waals surface area contributed by atoms with Gasteiger partial charge in [0.25, 0.3) is 0 Å². The van der Waals surface area contributed by atoms with Crippen LogP contribution in [0.2, 0.25) is 0 Å². The molecule has 0 aliphatic carbocycles. The highest BCUT2D eigenvalue weighted by molar-refractivity contribution is 5.77. The normalized spacial score (nSPS) is 30.2. The second-order valence-corrected chi connectivity index (χ2v) is 5.86. The molecule has 0 aromatic rings. The Hall–Kier alpha value is -1.30. The van der Waals surface area contributed by atoms with Crippen molar-refractivity contribution in [1.82, 2.24) is 10.2 Å². The number of carboxylic acid groups (broad SMARTS) is 1. The van der Waals surface area contributed by atoms with Crippen LogP contribution in [0, 0.1) is 11.8 Å². The van der Waals surface area contributed by atoms with Crippen molar-refractivity contribution in [2.24, 2.45) is 11.8 Å². The Labute approximate surface area is 119 Å². The van der Waals surface area contributed by atoms with Crippen molar-refractivity contribution in [3.63, 3.8) is 0 Å². The van der Waals surface area contributed by atoms with Crippen LogP contribution in [-0.2, 0) is 9.53 Å². The van der Waals surface area contributed by atoms with E-state index in [1.165, 1.54) is 0 Å². The molecule has 0 radical (unpaired) electrons.